The highest BCUT2D eigenvalue weighted by atomic mass is 16.2. The highest BCUT2D eigenvalue weighted by molar-refractivity contribution is 5.73. The van der Waals surface area contributed by atoms with E-state index in [1.165, 1.54) is 16.8 Å². The van der Waals surface area contributed by atoms with E-state index < -0.39 is 11.2 Å². The number of carbonyl (C=O) groups excluding carboxylic acids is 1. The quantitative estimate of drug-likeness (QED) is 0.804. The molecule has 0 fully saturated rings. The maximum absolute atomic E-state index is 11.6. The molecule has 1 heterocycles. The van der Waals surface area contributed by atoms with Crippen LogP contribution in [0.15, 0.2) is 46.1 Å². The number of rotatable bonds is 6. The van der Waals surface area contributed by atoms with Crippen molar-refractivity contribution in [2.75, 3.05) is 0 Å². The number of nitrogens with two attached hydrogens (primary N) is 1. The average Bonchev–Trinajstić information content (AvgIpc) is 2.43. The summed E-state index contributed by atoms with van der Waals surface area (Å²) >= 11 is 0. The van der Waals surface area contributed by atoms with Gasteiger partial charge in [-0.1, -0.05) is 24.3 Å². The molecule has 1 aromatic carbocycles. The molecule has 0 unspecified atom stereocenters. The molecule has 0 radical (unpaired) electrons. The van der Waals surface area contributed by atoms with Crippen molar-refractivity contribution in [3.05, 3.63) is 68.5 Å². The van der Waals surface area contributed by atoms with Crippen LogP contribution in [0, 0.1) is 0 Å². The average molecular weight is 287 g/mol. The first-order valence-electron chi connectivity index (χ1n) is 6.70. The maximum atomic E-state index is 11.6. The molecule has 0 aliphatic heterocycles. The fraction of sp³-hybridized carbons (Fsp3) is 0.267. The Morgan fingerprint density at radius 1 is 1.10 bits per heavy atom. The highest BCUT2D eigenvalue weighted by Crippen LogP contribution is 2.08. The Morgan fingerprint density at radius 2 is 1.76 bits per heavy atom. The number of aromatic amines is 1. The Kier molecular flexibility index (Phi) is 4.71. The van der Waals surface area contributed by atoms with Crippen LogP contribution >= 0.6 is 0 Å². The fourth-order valence-corrected chi connectivity index (χ4v) is 2.04. The molecule has 0 saturated heterocycles. The molecule has 3 N–H and O–H groups in total. The summed E-state index contributed by atoms with van der Waals surface area (Å²) in [4.78, 5) is 35.5. The van der Waals surface area contributed by atoms with Crippen LogP contribution in [0.1, 0.15) is 24.0 Å². The van der Waals surface area contributed by atoms with E-state index in [1.807, 2.05) is 24.3 Å². The predicted molar refractivity (Wildman–Crippen MR) is 79.0 cm³/mol. The van der Waals surface area contributed by atoms with Crippen LogP contribution in [0.5, 0.6) is 0 Å². The van der Waals surface area contributed by atoms with Crippen molar-refractivity contribution in [3.8, 4) is 0 Å². The van der Waals surface area contributed by atoms with Crippen LogP contribution in [0.3, 0.4) is 0 Å². The summed E-state index contributed by atoms with van der Waals surface area (Å²) in [5, 5.41) is 0. The van der Waals surface area contributed by atoms with Gasteiger partial charge in [-0.15, -0.1) is 0 Å². The molecule has 6 heteroatoms. The number of nitrogens with one attached hydrogen (secondary N) is 1. The first-order chi connectivity index (χ1) is 10.0. The highest BCUT2D eigenvalue weighted by Gasteiger charge is 2.00. The molecule has 2 rings (SSSR count). The number of carbonyl (C=O) groups is 1. The summed E-state index contributed by atoms with van der Waals surface area (Å²) in [5.74, 6) is -0.288. The first kappa shape index (κ1) is 14.8. The predicted octanol–water partition coefficient (Wildman–Crippen LogP) is 0.393. The van der Waals surface area contributed by atoms with Crippen LogP contribution in [0.4, 0.5) is 0 Å². The summed E-state index contributed by atoms with van der Waals surface area (Å²) < 4.78 is 1.43. The summed E-state index contributed by atoms with van der Waals surface area (Å²) in [7, 11) is 0. The topological polar surface area (TPSA) is 97.9 Å². The van der Waals surface area contributed by atoms with Gasteiger partial charge < -0.3 is 5.73 Å². The van der Waals surface area contributed by atoms with Crippen LogP contribution in [-0.4, -0.2) is 15.5 Å². The Balaban J connectivity index is 2.00. The lowest BCUT2D eigenvalue weighted by Crippen LogP contribution is -2.28. The van der Waals surface area contributed by atoms with E-state index >= 15 is 0 Å². The monoisotopic (exact) mass is 287 g/mol. The van der Waals surface area contributed by atoms with Crippen molar-refractivity contribution in [1.29, 1.82) is 0 Å². The van der Waals surface area contributed by atoms with E-state index in [1.54, 1.807) is 0 Å². The van der Waals surface area contributed by atoms with Gasteiger partial charge in [-0.3, -0.25) is 19.1 Å². The van der Waals surface area contributed by atoms with Crippen LogP contribution in [-0.2, 0) is 17.8 Å². The summed E-state index contributed by atoms with van der Waals surface area (Å²) in [6.07, 6.45) is 3.38. The lowest BCUT2D eigenvalue weighted by atomic mass is 10.1. The zero-order valence-electron chi connectivity index (χ0n) is 11.5. The van der Waals surface area contributed by atoms with Crippen LogP contribution < -0.4 is 17.0 Å². The Hall–Kier alpha value is -2.63. The first-order valence-corrected chi connectivity index (χ1v) is 6.70. The molecule has 0 atom stereocenters. The molecule has 0 aliphatic carbocycles. The van der Waals surface area contributed by atoms with Crippen molar-refractivity contribution in [2.24, 2.45) is 5.73 Å². The summed E-state index contributed by atoms with van der Waals surface area (Å²) in [5.41, 5.74) is 6.35. The van der Waals surface area contributed by atoms with E-state index in [0.717, 1.165) is 24.0 Å². The largest absolute Gasteiger partial charge is 0.370 e. The number of aromatic nitrogens is 2. The minimum Gasteiger partial charge on any atom is -0.370 e. The third-order valence-corrected chi connectivity index (χ3v) is 3.16. The Bertz CT molecular complexity index is 729. The molecule has 0 bridgehead atoms. The normalized spacial score (nSPS) is 10.5. The second-order valence-corrected chi connectivity index (χ2v) is 4.87. The second kappa shape index (κ2) is 6.69. The number of amides is 1. The smallest absolute Gasteiger partial charge is 0.328 e. The fourth-order valence-electron chi connectivity index (χ4n) is 2.04. The number of primary amides is 1. The van der Waals surface area contributed by atoms with Crippen LogP contribution in [0.2, 0.25) is 0 Å². The molecule has 21 heavy (non-hydrogen) atoms. The molecule has 2 aromatic rings. The van der Waals surface area contributed by atoms with Crippen molar-refractivity contribution in [3.63, 3.8) is 0 Å². The summed E-state index contributed by atoms with van der Waals surface area (Å²) in [6, 6.07) is 9.11. The van der Waals surface area contributed by atoms with Gasteiger partial charge in [0, 0.05) is 18.7 Å². The van der Waals surface area contributed by atoms with Crippen molar-refractivity contribution in [1.82, 2.24) is 9.55 Å². The number of aryl methyl sites for hydroxylation is 1. The van der Waals surface area contributed by atoms with Crippen molar-refractivity contribution in [2.45, 2.75) is 25.8 Å². The standard InChI is InChI=1S/C15H17N3O3/c16-13(19)3-1-2-11-4-6-12(7-5-11)10-18-9-8-14(20)17-15(18)21/h4-9H,1-3,10H2,(H2,16,19)(H,17,20,21). The molecule has 0 aliphatic rings. The Morgan fingerprint density at radius 3 is 2.38 bits per heavy atom. The van der Waals surface area contributed by atoms with Gasteiger partial charge >= 0.3 is 5.69 Å². The molecule has 1 amide bonds. The number of hydrogen-bond acceptors (Lipinski definition) is 3. The molecular formula is C15H17N3O3. The Labute approximate surface area is 121 Å². The minimum atomic E-state index is -0.423. The van der Waals surface area contributed by atoms with E-state index in [4.69, 9.17) is 5.73 Å². The van der Waals surface area contributed by atoms with Crippen molar-refractivity contribution >= 4 is 5.91 Å². The lowest BCUT2D eigenvalue weighted by molar-refractivity contribution is -0.118. The van der Waals surface area contributed by atoms with Gasteiger partial charge in [0.05, 0.1) is 6.54 Å². The van der Waals surface area contributed by atoms with E-state index in [2.05, 4.69) is 4.98 Å². The van der Waals surface area contributed by atoms with Crippen LogP contribution in [0.25, 0.3) is 0 Å². The van der Waals surface area contributed by atoms with Gasteiger partial charge in [-0.25, -0.2) is 4.79 Å². The van der Waals surface area contributed by atoms with E-state index in [-0.39, 0.29) is 5.91 Å². The van der Waals surface area contributed by atoms with Crippen molar-refractivity contribution < 1.29 is 4.79 Å². The molecule has 0 spiro atoms. The van der Waals surface area contributed by atoms with E-state index in [9.17, 15) is 14.4 Å². The third-order valence-electron chi connectivity index (χ3n) is 3.16. The zero-order valence-corrected chi connectivity index (χ0v) is 11.5. The number of hydrogen-bond donors (Lipinski definition) is 2. The van der Waals surface area contributed by atoms with Gasteiger partial charge in [-0.05, 0) is 24.0 Å². The molecule has 110 valence electrons. The van der Waals surface area contributed by atoms with Gasteiger partial charge in [0.2, 0.25) is 5.91 Å². The molecule has 1 aromatic heterocycles. The lowest BCUT2D eigenvalue weighted by Gasteiger charge is -2.06. The SMILES string of the molecule is NC(=O)CCCc1ccc(Cn2ccc(=O)[nH]c2=O)cc1. The number of H-pyrrole nitrogens is 1. The number of benzene rings is 1. The molecule has 6 nitrogen and oxygen atoms in total. The van der Waals surface area contributed by atoms with E-state index in [0.29, 0.717) is 13.0 Å². The molecule has 0 saturated carbocycles. The summed E-state index contributed by atoms with van der Waals surface area (Å²) in [6.45, 7) is 0.400. The molecular weight excluding hydrogens is 270 g/mol. The van der Waals surface area contributed by atoms with Gasteiger partial charge in [0.25, 0.3) is 5.56 Å². The van der Waals surface area contributed by atoms with Gasteiger partial charge in [0.1, 0.15) is 0 Å². The number of nitrogens with zero attached hydrogens (tertiary/aromatic N) is 1. The zero-order chi connectivity index (χ0) is 15.2. The van der Waals surface area contributed by atoms with Gasteiger partial charge in [-0.2, -0.15) is 0 Å². The second-order valence-electron chi connectivity index (χ2n) is 4.87. The minimum absolute atomic E-state index is 0.288. The third kappa shape index (κ3) is 4.45. The maximum Gasteiger partial charge on any atom is 0.328 e. The van der Waals surface area contributed by atoms with Gasteiger partial charge in [0.15, 0.2) is 0 Å².